The summed E-state index contributed by atoms with van der Waals surface area (Å²) in [5, 5.41) is 0. The van der Waals surface area contributed by atoms with Crippen molar-refractivity contribution in [2.24, 2.45) is 5.73 Å². The fraction of sp³-hybridized carbons (Fsp3) is 1.00. The molecule has 3 heteroatoms. The molecule has 0 heterocycles. The van der Waals surface area contributed by atoms with Gasteiger partial charge in [-0.3, -0.25) is 0 Å². The predicted octanol–water partition coefficient (Wildman–Crippen LogP) is 2.09. The molecule has 1 saturated carbocycles. The van der Waals surface area contributed by atoms with Crippen molar-refractivity contribution in [2.45, 2.75) is 63.7 Å². The Morgan fingerprint density at radius 2 is 1.93 bits per heavy atom. The van der Waals surface area contributed by atoms with Crippen molar-refractivity contribution in [1.29, 1.82) is 0 Å². The van der Waals surface area contributed by atoms with Gasteiger partial charge in [-0.25, -0.2) is 0 Å². The first-order chi connectivity index (χ1) is 7.05. The average Bonchev–Trinajstić information content (AvgIpc) is 2.21. The Kier molecular flexibility index (Phi) is 5.03. The van der Waals surface area contributed by atoms with Crippen molar-refractivity contribution in [3.05, 3.63) is 0 Å². The molecule has 1 fully saturated rings. The van der Waals surface area contributed by atoms with Gasteiger partial charge in [-0.2, -0.15) is 0 Å². The highest BCUT2D eigenvalue weighted by Gasteiger charge is 2.23. The van der Waals surface area contributed by atoms with Crippen LogP contribution in [0, 0.1) is 0 Å². The summed E-state index contributed by atoms with van der Waals surface area (Å²) in [5.74, 6) is 0. The van der Waals surface area contributed by atoms with Gasteiger partial charge in [0.1, 0.15) is 0 Å². The molecule has 15 heavy (non-hydrogen) atoms. The van der Waals surface area contributed by atoms with Crippen molar-refractivity contribution in [2.75, 3.05) is 13.7 Å². The minimum atomic E-state index is -0.0846. The van der Waals surface area contributed by atoms with Crippen LogP contribution in [0.5, 0.6) is 0 Å². The molecule has 0 bridgehead atoms. The third-order valence-electron chi connectivity index (χ3n) is 3.34. The Balaban J connectivity index is 2.19. The lowest BCUT2D eigenvalue weighted by Gasteiger charge is -2.30. The second-order valence-electron chi connectivity index (χ2n) is 5.07. The molecular weight excluding hydrogens is 190 g/mol. The number of nitrogens with two attached hydrogens (primary N) is 1. The Labute approximate surface area is 93.3 Å². The Morgan fingerprint density at radius 1 is 1.27 bits per heavy atom. The topological polar surface area (TPSA) is 44.5 Å². The molecule has 1 rings (SSSR count). The Morgan fingerprint density at radius 3 is 2.53 bits per heavy atom. The van der Waals surface area contributed by atoms with E-state index in [1.807, 2.05) is 0 Å². The van der Waals surface area contributed by atoms with E-state index in [4.69, 9.17) is 15.2 Å². The van der Waals surface area contributed by atoms with Crippen LogP contribution in [-0.2, 0) is 9.47 Å². The van der Waals surface area contributed by atoms with Crippen molar-refractivity contribution in [3.8, 4) is 0 Å². The molecule has 0 aromatic rings. The molecule has 1 aliphatic rings. The van der Waals surface area contributed by atoms with Gasteiger partial charge in [0.25, 0.3) is 0 Å². The lowest BCUT2D eigenvalue weighted by Crippen LogP contribution is -2.40. The van der Waals surface area contributed by atoms with Crippen LogP contribution in [0.1, 0.15) is 46.0 Å². The van der Waals surface area contributed by atoms with Crippen LogP contribution in [-0.4, -0.2) is 31.5 Å². The highest BCUT2D eigenvalue weighted by Crippen LogP contribution is 2.21. The van der Waals surface area contributed by atoms with E-state index in [0.29, 0.717) is 0 Å². The normalized spacial score (nSPS) is 28.0. The van der Waals surface area contributed by atoms with Crippen LogP contribution in [0.3, 0.4) is 0 Å². The number of hydrogen-bond acceptors (Lipinski definition) is 3. The lowest BCUT2D eigenvalue weighted by molar-refractivity contribution is -0.0390. The summed E-state index contributed by atoms with van der Waals surface area (Å²) in [4.78, 5) is 0. The molecule has 0 radical (unpaired) electrons. The van der Waals surface area contributed by atoms with Crippen LogP contribution in [0.4, 0.5) is 0 Å². The standard InChI is InChI=1S/C12H25NO2/c1-12(2,14-3)8-9-15-11-7-5-4-6-10(11)13/h10-11H,4-9,13H2,1-3H3. The second kappa shape index (κ2) is 5.83. The van der Waals surface area contributed by atoms with Gasteiger partial charge in [-0.05, 0) is 33.1 Å². The summed E-state index contributed by atoms with van der Waals surface area (Å²) in [6.45, 7) is 4.91. The second-order valence-corrected chi connectivity index (χ2v) is 5.07. The molecule has 0 aromatic carbocycles. The van der Waals surface area contributed by atoms with Crippen LogP contribution >= 0.6 is 0 Å². The fourth-order valence-electron chi connectivity index (χ4n) is 1.89. The zero-order valence-electron chi connectivity index (χ0n) is 10.3. The molecule has 90 valence electrons. The van der Waals surface area contributed by atoms with E-state index < -0.39 is 0 Å². The first kappa shape index (κ1) is 12.9. The molecular formula is C12H25NO2. The van der Waals surface area contributed by atoms with Gasteiger partial charge in [0.05, 0.1) is 11.7 Å². The van der Waals surface area contributed by atoms with Gasteiger partial charge in [0.2, 0.25) is 0 Å². The minimum Gasteiger partial charge on any atom is -0.379 e. The van der Waals surface area contributed by atoms with Crippen molar-refractivity contribution in [1.82, 2.24) is 0 Å². The lowest BCUT2D eigenvalue weighted by atomic mass is 9.93. The van der Waals surface area contributed by atoms with E-state index in [9.17, 15) is 0 Å². The third kappa shape index (κ3) is 4.49. The van der Waals surface area contributed by atoms with Gasteiger partial charge in [-0.1, -0.05) is 12.8 Å². The van der Waals surface area contributed by atoms with E-state index in [1.165, 1.54) is 12.8 Å². The molecule has 0 aromatic heterocycles. The van der Waals surface area contributed by atoms with Gasteiger partial charge in [0, 0.05) is 19.8 Å². The molecule has 1 aliphatic carbocycles. The molecule has 3 nitrogen and oxygen atoms in total. The molecule has 0 aliphatic heterocycles. The first-order valence-corrected chi connectivity index (χ1v) is 5.97. The molecule has 2 N–H and O–H groups in total. The van der Waals surface area contributed by atoms with Crippen molar-refractivity contribution < 1.29 is 9.47 Å². The Bertz CT molecular complexity index is 182. The van der Waals surface area contributed by atoms with Crippen LogP contribution in [0.15, 0.2) is 0 Å². The zero-order chi connectivity index (χ0) is 11.3. The van der Waals surface area contributed by atoms with Gasteiger partial charge >= 0.3 is 0 Å². The van der Waals surface area contributed by atoms with Gasteiger partial charge < -0.3 is 15.2 Å². The van der Waals surface area contributed by atoms with E-state index >= 15 is 0 Å². The Hall–Kier alpha value is -0.120. The van der Waals surface area contributed by atoms with Crippen LogP contribution in [0.25, 0.3) is 0 Å². The van der Waals surface area contributed by atoms with E-state index in [2.05, 4.69) is 13.8 Å². The molecule has 0 amide bonds. The highest BCUT2D eigenvalue weighted by molar-refractivity contribution is 4.79. The number of hydrogen-bond donors (Lipinski definition) is 1. The maximum atomic E-state index is 6.01. The maximum absolute atomic E-state index is 6.01. The summed E-state index contributed by atoms with van der Waals surface area (Å²) in [6.07, 6.45) is 5.93. The predicted molar refractivity (Wildman–Crippen MR) is 61.9 cm³/mol. The van der Waals surface area contributed by atoms with Crippen molar-refractivity contribution >= 4 is 0 Å². The number of rotatable bonds is 5. The zero-order valence-corrected chi connectivity index (χ0v) is 10.3. The smallest absolute Gasteiger partial charge is 0.0725 e. The monoisotopic (exact) mass is 215 g/mol. The summed E-state index contributed by atoms with van der Waals surface area (Å²) in [7, 11) is 1.74. The molecule has 2 unspecified atom stereocenters. The summed E-state index contributed by atoms with van der Waals surface area (Å²) >= 11 is 0. The van der Waals surface area contributed by atoms with Crippen LogP contribution < -0.4 is 5.73 Å². The fourth-order valence-corrected chi connectivity index (χ4v) is 1.89. The maximum Gasteiger partial charge on any atom is 0.0725 e. The highest BCUT2D eigenvalue weighted by atomic mass is 16.5. The van der Waals surface area contributed by atoms with Crippen LogP contribution in [0.2, 0.25) is 0 Å². The third-order valence-corrected chi connectivity index (χ3v) is 3.34. The summed E-state index contributed by atoms with van der Waals surface area (Å²) < 4.78 is 11.2. The number of methoxy groups -OCH3 is 1. The summed E-state index contributed by atoms with van der Waals surface area (Å²) in [5.41, 5.74) is 5.92. The molecule has 2 atom stereocenters. The quantitative estimate of drug-likeness (QED) is 0.763. The van der Waals surface area contributed by atoms with Gasteiger partial charge in [-0.15, -0.1) is 0 Å². The van der Waals surface area contributed by atoms with E-state index in [1.54, 1.807) is 7.11 Å². The SMILES string of the molecule is COC(C)(C)CCOC1CCCCC1N. The van der Waals surface area contributed by atoms with Crippen molar-refractivity contribution in [3.63, 3.8) is 0 Å². The largest absolute Gasteiger partial charge is 0.379 e. The average molecular weight is 215 g/mol. The van der Waals surface area contributed by atoms with E-state index in [-0.39, 0.29) is 17.7 Å². The van der Waals surface area contributed by atoms with E-state index in [0.717, 1.165) is 25.9 Å². The molecule has 0 spiro atoms. The first-order valence-electron chi connectivity index (χ1n) is 5.97. The number of ether oxygens (including phenoxy) is 2. The molecule has 0 saturated heterocycles. The minimum absolute atomic E-state index is 0.0846. The summed E-state index contributed by atoms with van der Waals surface area (Å²) in [6, 6.07) is 0.240. The van der Waals surface area contributed by atoms with Gasteiger partial charge in [0.15, 0.2) is 0 Å².